The highest BCUT2D eigenvalue weighted by Crippen LogP contribution is 2.30. The standard InChI is InChI=1S/C23H26BrFN6O/c1-23(2,26)4-5-32-19-8-14(16-12-28-31(3)13-16)7-18(10-19)29-22-27-11-15-6-17(24)9-20(25)21(15)30-22/h6-12,16H,4-5,13,26H2,1-3H3,(H,27,29,30). The molecule has 0 saturated heterocycles. The zero-order chi connectivity index (χ0) is 22.9. The van der Waals surface area contributed by atoms with Crippen molar-refractivity contribution in [3.05, 3.63) is 52.4 Å². The number of hydrogen-bond acceptors (Lipinski definition) is 7. The summed E-state index contributed by atoms with van der Waals surface area (Å²) in [6, 6.07) is 9.09. The van der Waals surface area contributed by atoms with E-state index in [1.165, 1.54) is 6.07 Å². The summed E-state index contributed by atoms with van der Waals surface area (Å²) in [4.78, 5) is 8.71. The van der Waals surface area contributed by atoms with Crippen molar-refractivity contribution in [3.63, 3.8) is 0 Å². The third-order valence-corrected chi connectivity index (χ3v) is 5.59. The molecule has 0 radical (unpaired) electrons. The average Bonchev–Trinajstić information content (AvgIpc) is 3.14. The van der Waals surface area contributed by atoms with Gasteiger partial charge in [0.2, 0.25) is 5.95 Å². The molecular formula is C23H26BrFN6O. The number of fused-ring (bicyclic) bond motifs is 1. The van der Waals surface area contributed by atoms with Crippen LogP contribution in [-0.2, 0) is 0 Å². The van der Waals surface area contributed by atoms with E-state index in [9.17, 15) is 4.39 Å². The van der Waals surface area contributed by atoms with E-state index in [0.29, 0.717) is 28.2 Å². The largest absolute Gasteiger partial charge is 0.493 e. The SMILES string of the molecule is CN1CC(c2cc(Nc3ncc4cc(Br)cc(F)c4n3)cc(OCCC(C)(C)N)c2)C=N1. The number of benzene rings is 2. The molecule has 3 aromatic rings. The van der Waals surface area contributed by atoms with Crippen LogP contribution in [0.4, 0.5) is 16.0 Å². The number of likely N-dealkylation sites (N-methyl/N-ethyl adjacent to an activating group) is 1. The Morgan fingerprint density at radius 2 is 2.09 bits per heavy atom. The number of hydrazone groups is 1. The fourth-order valence-electron chi connectivity index (χ4n) is 3.45. The minimum absolute atomic E-state index is 0.141. The number of ether oxygens (including phenoxy) is 1. The van der Waals surface area contributed by atoms with Crippen molar-refractivity contribution in [3.8, 4) is 5.75 Å². The second-order valence-electron chi connectivity index (χ2n) is 8.73. The Morgan fingerprint density at radius 1 is 1.28 bits per heavy atom. The minimum atomic E-state index is -0.410. The highest BCUT2D eigenvalue weighted by molar-refractivity contribution is 9.10. The average molecular weight is 501 g/mol. The summed E-state index contributed by atoms with van der Waals surface area (Å²) in [5, 5.41) is 10.1. The maximum absolute atomic E-state index is 14.4. The molecule has 0 spiro atoms. The van der Waals surface area contributed by atoms with Gasteiger partial charge >= 0.3 is 0 Å². The number of nitrogens with two attached hydrogens (primary N) is 1. The highest BCUT2D eigenvalue weighted by Gasteiger charge is 2.19. The number of halogens is 2. The molecule has 1 aromatic heterocycles. The lowest BCUT2D eigenvalue weighted by molar-refractivity contribution is 0.274. The van der Waals surface area contributed by atoms with Crippen molar-refractivity contribution in [1.29, 1.82) is 0 Å². The summed E-state index contributed by atoms with van der Waals surface area (Å²) in [7, 11) is 1.94. The van der Waals surface area contributed by atoms with E-state index in [1.54, 1.807) is 12.3 Å². The summed E-state index contributed by atoms with van der Waals surface area (Å²) in [5.41, 5.74) is 7.84. The molecule has 0 fully saturated rings. The Hall–Kier alpha value is -2.78. The minimum Gasteiger partial charge on any atom is -0.493 e. The topological polar surface area (TPSA) is 88.7 Å². The number of rotatable bonds is 7. The molecule has 1 unspecified atom stereocenters. The predicted molar refractivity (Wildman–Crippen MR) is 129 cm³/mol. The van der Waals surface area contributed by atoms with Crippen molar-refractivity contribution >= 4 is 44.7 Å². The first-order valence-corrected chi connectivity index (χ1v) is 11.2. The highest BCUT2D eigenvalue weighted by atomic mass is 79.9. The van der Waals surface area contributed by atoms with Crippen LogP contribution >= 0.6 is 15.9 Å². The van der Waals surface area contributed by atoms with Gasteiger partial charge in [-0.15, -0.1) is 0 Å². The first-order chi connectivity index (χ1) is 15.2. The van der Waals surface area contributed by atoms with E-state index in [1.807, 2.05) is 50.3 Å². The molecule has 1 aliphatic heterocycles. The monoisotopic (exact) mass is 500 g/mol. The second-order valence-corrected chi connectivity index (χ2v) is 9.65. The summed E-state index contributed by atoms with van der Waals surface area (Å²) in [6.45, 7) is 5.22. The van der Waals surface area contributed by atoms with Crippen molar-refractivity contribution in [2.24, 2.45) is 10.8 Å². The van der Waals surface area contributed by atoms with Crippen LogP contribution in [0.2, 0.25) is 0 Å². The van der Waals surface area contributed by atoms with Gasteiger partial charge in [-0.05, 0) is 50.1 Å². The van der Waals surface area contributed by atoms with Crippen LogP contribution in [-0.4, -0.2) is 46.9 Å². The van der Waals surface area contributed by atoms with Crippen molar-refractivity contribution in [1.82, 2.24) is 15.0 Å². The van der Waals surface area contributed by atoms with Gasteiger partial charge in [0.15, 0.2) is 5.82 Å². The maximum atomic E-state index is 14.4. The molecule has 7 nitrogen and oxygen atoms in total. The van der Waals surface area contributed by atoms with E-state index >= 15 is 0 Å². The zero-order valence-electron chi connectivity index (χ0n) is 18.3. The van der Waals surface area contributed by atoms with Gasteiger partial charge in [0.05, 0.1) is 6.61 Å². The van der Waals surface area contributed by atoms with Gasteiger partial charge in [-0.1, -0.05) is 15.9 Å². The molecule has 168 valence electrons. The summed E-state index contributed by atoms with van der Waals surface area (Å²) in [5.74, 6) is 0.754. The first kappa shape index (κ1) is 22.4. The van der Waals surface area contributed by atoms with Gasteiger partial charge in [0.25, 0.3) is 0 Å². The predicted octanol–water partition coefficient (Wildman–Crippen LogP) is 4.80. The number of nitrogens with one attached hydrogen (secondary N) is 1. The van der Waals surface area contributed by atoms with Crippen molar-refractivity contribution in [2.75, 3.05) is 25.5 Å². The summed E-state index contributed by atoms with van der Waals surface area (Å²) < 4.78 is 21.0. The van der Waals surface area contributed by atoms with Gasteiger partial charge in [0, 0.05) is 59.1 Å². The van der Waals surface area contributed by atoms with E-state index in [-0.39, 0.29) is 17.0 Å². The Kier molecular flexibility index (Phi) is 6.30. The summed E-state index contributed by atoms with van der Waals surface area (Å²) in [6.07, 6.45) is 4.24. The zero-order valence-corrected chi connectivity index (χ0v) is 19.9. The molecule has 2 heterocycles. The van der Waals surface area contributed by atoms with E-state index in [0.717, 1.165) is 24.2 Å². The van der Waals surface area contributed by atoms with Crippen LogP contribution in [0.5, 0.6) is 5.75 Å². The Labute approximate surface area is 195 Å². The Morgan fingerprint density at radius 3 is 2.81 bits per heavy atom. The molecule has 1 atom stereocenters. The van der Waals surface area contributed by atoms with Crippen LogP contribution in [0.15, 0.2) is 46.1 Å². The van der Waals surface area contributed by atoms with E-state index < -0.39 is 5.82 Å². The fourth-order valence-corrected chi connectivity index (χ4v) is 3.89. The third-order valence-electron chi connectivity index (χ3n) is 5.13. The fraction of sp³-hybridized carbons (Fsp3) is 0.348. The normalized spacial score (nSPS) is 16.1. The van der Waals surface area contributed by atoms with Gasteiger partial charge < -0.3 is 15.8 Å². The molecule has 2 aromatic carbocycles. The molecule has 0 saturated carbocycles. The quantitative estimate of drug-likeness (QED) is 0.484. The maximum Gasteiger partial charge on any atom is 0.227 e. The molecule has 1 aliphatic rings. The third kappa shape index (κ3) is 5.52. The molecule has 0 amide bonds. The summed E-state index contributed by atoms with van der Waals surface area (Å²) >= 11 is 3.29. The smallest absolute Gasteiger partial charge is 0.227 e. The second kappa shape index (κ2) is 8.99. The van der Waals surface area contributed by atoms with Crippen LogP contribution in [0.3, 0.4) is 0 Å². The lowest BCUT2D eigenvalue weighted by Gasteiger charge is -2.19. The lowest BCUT2D eigenvalue weighted by Crippen LogP contribution is -2.33. The van der Waals surface area contributed by atoms with Gasteiger partial charge in [-0.25, -0.2) is 14.4 Å². The molecule has 3 N–H and O–H groups in total. The van der Waals surface area contributed by atoms with Gasteiger partial charge in [-0.2, -0.15) is 5.10 Å². The Balaban J connectivity index is 1.62. The number of nitrogens with zero attached hydrogens (tertiary/aromatic N) is 4. The van der Waals surface area contributed by atoms with Gasteiger partial charge in [-0.3, -0.25) is 5.01 Å². The lowest BCUT2D eigenvalue weighted by atomic mass is 10.00. The van der Waals surface area contributed by atoms with Crippen LogP contribution in [0.1, 0.15) is 31.7 Å². The number of anilines is 2. The molecule has 0 aliphatic carbocycles. The van der Waals surface area contributed by atoms with E-state index in [4.69, 9.17) is 10.5 Å². The van der Waals surface area contributed by atoms with Crippen LogP contribution < -0.4 is 15.8 Å². The first-order valence-electron chi connectivity index (χ1n) is 10.4. The molecule has 32 heavy (non-hydrogen) atoms. The van der Waals surface area contributed by atoms with Crippen LogP contribution in [0, 0.1) is 5.82 Å². The number of hydrogen-bond donors (Lipinski definition) is 2. The van der Waals surface area contributed by atoms with Crippen LogP contribution in [0.25, 0.3) is 10.9 Å². The Bertz CT molecular complexity index is 1160. The van der Waals surface area contributed by atoms with E-state index in [2.05, 4.69) is 36.3 Å². The molecular weight excluding hydrogens is 475 g/mol. The molecule has 4 rings (SSSR count). The van der Waals surface area contributed by atoms with Gasteiger partial charge in [0.1, 0.15) is 11.3 Å². The molecule has 0 bridgehead atoms. The van der Waals surface area contributed by atoms with Crippen molar-refractivity contribution in [2.45, 2.75) is 31.7 Å². The van der Waals surface area contributed by atoms with Crippen molar-refractivity contribution < 1.29 is 9.13 Å². The molecule has 9 heteroatoms. The number of aromatic nitrogens is 2.